The number of hydrogen-bond acceptors (Lipinski definition) is 3. The molecule has 3 rings (SSSR count). The first-order valence-electron chi connectivity index (χ1n) is 10.5. The second-order valence-electron chi connectivity index (χ2n) is 6.65. The Labute approximate surface area is 169 Å². The summed E-state index contributed by atoms with van der Waals surface area (Å²) in [6, 6.07) is 9.96. The summed E-state index contributed by atoms with van der Waals surface area (Å²) in [5, 5.41) is 4.43. The molecular formula is C25H34O3. The van der Waals surface area contributed by atoms with Gasteiger partial charge in [0, 0.05) is 18.2 Å². The number of hydrogen-bond donors (Lipinski definition) is 0. The zero-order chi connectivity index (χ0) is 20.9. The standard InChI is InChI=1S/C20H20O3.C3H8.C2H6/c1-14(21)7-6-12-20(22)23-19-13-15-8-2-3-9-16(15)17-10-4-5-11-18(17)19;1-3-2;1-2/h4-5,8-11,13H,2-3,6-7,12H2,1H3;3H2,1-2H3;1-2H3. The molecule has 0 heterocycles. The van der Waals surface area contributed by atoms with Crippen LogP contribution in [0.25, 0.3) is 22.9 Å². The number of ketones is 1. The van der Waals surface area contributed by atoms with Crippen LogP contribution in [-0.4, -0.2) is 11.8 Å². The fraction of sp³-hybridized carbons (Fsp3) is 0.440. The predicted molar refractivity (Wildman–Crippen MR) is 119 cm³/mol. The van der Waals surface area contributed by atoms with Gasteiger partial charge in [0.2, 0.25) is 0 Å². The molecule has 0 aromatic heterocycles. The molecule has 152 valence electrons. The van der Waals surface area contributed by atoms with E-state index in [-0.39, 0.29) is 18.2 Å². The van der Waals surface area contributed by atoms with Crippen LogP contribution in [0.2, 0.25) is 0 Å². The third kappa shape index (κ3) is 6.95. The molecular weight excluding hydrogens is 348 g/mol. The van der Waals surface area contributed by atoms with Crippen molar-refractivity contribution in [2.24, 2.45) is 0 Å². The van der Waals surface area contributed by atoms with Gasteiger partial charge >= 0.3 is 5.97 Å². The maximum absolute atomic E-state index is 12.1. The van der Waals surface area contributed by atoms with Crippen molar-refractivity contribution in [3.63, 3.8) is 0 Å². The molecule has 0 bridgehead atoms. The maximum Gasteiger partial charge on any atom is 0.311 e. The van der Waals surface area contributed by atoms with Crippen molar-refractivity contribution in [2.75, 3.05) is 0 Å². The largest absolute Gasteiger partial charge is 0.426 e. The molecule has 0 N–H and O–H groups in total. The monoisotopic (exact) mass is 382 g/mol. The molecule has 0 fully saturated rings. The number of fused-ring (bicyclic) bond motifs is 3. The Morgan fingerprint density at radius 3 is 2.21 bits per heavy atom. The van der Waals surface area contributed by atoms with Gasteiger partial charge in [-0.3, -0.25) is 4.79 Å². The fourth-order valence-corrected chi connectivity index (χ4v) is 2.99. The van der Waals surface area contributed by atoms with Gasteiger partial charge in [-0.1, -0.05) is 70.5 Å². The van der Waals surface area contributed by atoms with E-state index in [0.717, 1.165) is 28.8 Å². The van der Waals surface area contributed by atoms with Crippen LogP contribution in [0.15, 0.2) is 30.3 Å². The minimum absolute atomic E-state index is 0.0992. The van der Waals surface area contributed by atoms with Crippen LogP contribution in [0.3, 0.4) is 0 Å². The molecule has 0 unspecified atom stereocenters. The molecule has 0 aliphatic heterocycles. The number of carbonyl (C=O) groups excluding carboxylic acids is 2. The second-order valence-corrected chi connectivity index (χ2v) is 6.65. The Balaban J connectivity index is 0.000000717. The zero-order valence-electron chi connectivity index (χ0n) is 18.0. The van der Waals surface area contributed by atoms with Crippen molar-refractivity contribution >= 4 is 34.7 Å². The number of benzene rings is 2. The average molecular weight is 383 g/mol. The molecule has 0 saturated heterocycles. The molecule has 0 saturated carbocycles. The third-order valence-corrected chi connectivity index (χ3v) is 4.09. The number of rotatable bonds is 5. The number of ether oxygens (including phenoxy) is 1. The number of esters is 1. The van der Waals surface area contributed by atoms with E-state index in [2.05, 4.69) is 32.1 Å². The molecule has 3 heteroatoms. The third-order valence-electron chi connectivity index (χ3n) is 4.09. The van der Waals surface area contributed by atoms with E-state index in [0.29, 0.717) is 18.6 Å². The van der Waals surface area contributed by atoms with Crippen LogP contribution in [0.5, 0.6) is 5.75 Å². The molecule has 3 nitrogen and oxygen atoms in total. The van der Waals surface area contributed by atoms with E-state index in [1.807, 2.05) is 38.1 Å². The van der Waals surface area contributed by atoms with Crippen LogP contribution in [0, 0.1) is 0 Å². The van der Waals surface area contributed by atoms with Gasteiger partial charge in [0.15, 0.2) is 0 Å². The van der Waals surface area contributed by atoms with Gasteiger partial charge in [0.05, 0.1) is 0 Å². The number of Topliss-reactive ketones (excluding diaryl/α,β-unsaturated/α-hetero) is 1. The van der Waals surface area contributed by atoms with E-state index >= 15 is 0 Å². The van der Waals surface area contributed by atoms with Gasteiger partial charge < -0.3 is 9.53 Å². The summed E-state index contributed by atoms with van der Waals surface area (Å²) in [5.41, 5.74) is 0. The maximum atomic E-state index is 12.1. The summed E-state index contributed by atoms with van der Waals surface area (Å²) in [5.74, 6) is 0.428. The summed E-state index contributed by atoms with van der Waals surface area (Å²) < 4.78 is 5.59. The predicted octanol–water partition coefficient (Wildman–Crippen LogP) is 5.30. The Morgan fingerprint density at radius 1 is 0.964 bits per heavy atom. The molecule has 1 aliphatic carbocycles. The highest BCUT2D eigenvalue weighted by atomic mass is 16.5. The summed E-state index contributed by atoms with van der Waals surface area (Å²) >= 11 is 0. The van der Waals surface area contributed by atoms with Crippen LogP contribution < -0.4 is 15.2 Å². The fourth-order valence-electron chi connectivity index (χ4n) is 2.99. The summed E-state index contributed by atoms with van der Waals surface area (Å²) in [6.07, 6.45) is 8.96. The van der Waals surface area contributed by atoms with E-state index in [1.165, 1.54) is 18.6 Å². The van der Waals surface area contributed by atoms with Gasteiger partial charge in [0.1, 0.15) is 11.5 Å². The van der Waals surface area contributed by atoms with E-state index in [9.17, 15) is 9.59 Å². The number of carbonyl (C=O) groups is 2. The first-order chi connectivity index (χ1) is 13.6. The molecule has 28 heavy (non-hydrogen) atoms. The van der Waals surface area contributed by atoms with Crippen molar-refractivity contribution in [3.8, 4) is 5.75 Å². The highest BCUT2D eigenvalue weighted by Crippen LogP contribution is 2.22. The molecule has 2 aromatic rings. The summed E-state index contributed by atoms with van der Waals surface area (Å²) in [6.45, 7) is 9.79. The lowest BCUT2D eigenvalue weighted by molar-refractivity contribution is -0.134. The minimum atomic E-state index is -0.281. The lowest BCUT2D eigenvalue weighted by Gasteiger charge is -2.11. The van der Waals surface area contributed by atoms with Crippen molar-refractivity contribution < 1.29 is 14.3 Å². The molecule has 1 aliphatic rings. The molecule has 0 amide bonds. The molecule has 0 radical (unpaired) electrons. The van der Waals surface area contributed by atoms with Crippen molar-refractivity contribution in [2.45, 2.75) is 73.1 Å². The van der Waals surface area contributed by atoms with Crippen molar-refractivity contribution in [1.29, 1.82) is 0 Å². The van der Waals surface area contributed by atoms with Crippen LogP contribution in [-0.2, 0) is 9.59 Å². The molecule has 0 atom stereocenters. The van der Waals surface area contributed by atoms with Crippen molar-refractivity contribution in [3.05, 3.63) is 40.8 Å². The SMILES string of the molecule is CC.CC(=O)CCCC(=O)Oc1cc2c(c3ccccc13)=CCCC=2.CCC. The Bertz CT molecular complexity index is 894. The van der Waals surface area contributed by atoms with Gasteiger partial charge in [-0.15, -0.1) is 0 Å². The minimum Gasteiger partial charge on any atom is -0.426 e. The Kier molecular flexibility index (Phi) is 10.9. The lowest BCUT2D eigenvalue weighted by atomic mass is 10.0. The van der Waals surface area contributed by atoms with E-state index in [1.54, 1.807) is 0 Å². The lowest BCUT2D eigenvalue weighted by Crippen LogP contribution is -2.28. The van der Waals surface area contributed by atoms with Crippen LogP contribution in [0.4, 0.5) is 0 Å². The zero-order valence-corrected chi connectivity index (χ0v) is 18.0. The second kappa shape index (κ2) is 12.9. The van der Waals surface area contributed by atoms with Gasteiger partial charge in [-0.25, -0.2) is 0 Å². The van der Waals surface area contributed by atoms with Gasteiger partial charge in [0.25, 0.3) is 0 Å². The van der Waals surface area contributed by atoms with Crippen LogP contribution >= 0.6 is 0 Å². The quantitative estimate of drug-likeness (QED) is 0.520. The average Bonchev–Trinajstić information content (AvgIpc) is 2.70. The van der Waals surface area contributed by atoms with Crippen LogP contribution in [0.1, 0.15) is 73.1 Å². The Hall–Kier alpha value is -2.42. The van der Waals surface area contributed by atoms with Crippen molar-refractivity contribution in [1.82, 2.24) is 0 Å². The molecule has 2 aromatic carbocycles. The summed E-state index contributed by atoms with van der Waals surface area (Å²) in [7, 11) is 0. The first-order valence-corrected chi connectivity index (χ1v) is 10.5. The molecule has 0 spiro atoms. The van der Waals surface area contributed by atoms with E-state index in [4.69, 9.17) is 4.74 Å². The van der Waals surface area contributed by atoms with Gasteiger partial charge in [-0.05, 0) is 48.1 Å². The highest BCUT2D eigenvalue weighted by molar-refractivity contribution is 5.91. The van der Waals surface area contributed by atoms with E-state index < -0.39 is 0 Å². The summed E-state index contributed by atoms with van der Waals surface area (Å²) in [4.78, 5) is 23.0. The highest BCUT2D eigenvalue weighted by Gasteiger charge is 2.11. The Morgan fingerprint density at radius 2 is 1.57 bits per heavy atom. The van der Waals surface area contributed by atoms with Gasteiger partial charge in [-0.2, -0.15) is 0 Å². The first kappa shape index (κ1) is 23.6. The smallest absolute Gasteiger partial charge is 0.311 e. The topological polar surface area (TPSA) is 43.4 Å². The normalized spacial score (nSPS) is 11.5.